The highest BCUT2D eigenvalue weighted by atomic mass is 32.1. The van der Waals surface area contributed by atoms with Crippen molar-refractivity contribution in [2.24, 2.45) is 29.0 Å². The van der Waals surface area contributed by atoms with Crippen LogP contribution in [0, 0.1) is 11.8 Å². The molecule has 0 saturated heterocycles. The highest BCUT2D eigenvalue weighted by Crippen LogP contribution is 2.14. The molecule has 0 radical (unpaired) electrons. The number of aliphatic hydroxyl groups excluding tert-OH is 1. The van der Waals surface area contributed by atoms with Gasteiger partial charge in [-0.05, 0) is 42.9 Å². The number of nitrogens with two attached hydrogens (primary N) is 3. The van der Waals surface area contributed by atoms with Gasteiger partial charge >= 0.3 is 0 Å². The quantitative estimate of drug-likeness (QED) is 0.0351. The van der Waals surface area contributed by atoms with Crippen LogP contribution < -0.4 is 59.7 Å². The van der Waals surface area contributed by atoms with Crippen molar-refractivity contribution in [3.05, 3.63) is 29.8 Å². The second kappa shape index (κ2) is 28.2. The third-order valence-corrected chi connectivity index (χ3v) is 10.2. The van der Waals surface area contributed by atoms with Crippen molar-refractivity contribution in [1.82, 2.24) is 42.5 Å². The third-order valence-electron chi connectivity index (χ3n) is 9.47. The second-order valence-corrected chi connectivity index (χ2v) is 16.2. The van der Waals surface area contributed by atoms with Crippen LogP contribution in [0.3, 0.4) is 0 Å². The topological polar surface area (TPSA) is 385 Å². The Hall–Kier alpha value is -5.66. The van der Waals surface area contributed by atoms with E-state index in [1.807, 2.05) is 0 Å². The van der Waals surface area contributed by atoms with Crippen LogP contribution in [0.4, 0.5) is 0 Å². The van der Waals surface area contributed by atoms with Crippen molar-refractivity contribution in [3.63, 3.8) is 0 Å². The van der Waals surface area contributed by atoms with E-state index in [2.05, 4.69) is 67.8 Å². The summed E-state index contributed by atoms with van der Waals surface area (Å²) in [5.41, 5.74) is 16.8. The fourth-order valence-electron chi connectivity index (χ4n) is 5.72. The average molecular weight is 942 g/mol. The van der Waals surface area contributed by atoms with Gasteiger partial charge in [0, 0.05) is 17.9 Å². The van der Waals surface area contributed by atoms with Gasteiger partial charge < -0.3 is 69.9 Å². The van der Waals surface area contributed by atoms with Crippen LogP contribution in [0.15, 0.2) is 24.3 Å². The van der Waals surface area contributed by atoms with E-state index in [0.29, 0.717) is 12.0 Å². The van der Waals surface area contributed by atoms with Gasteiger partial charge in [0.1, 0.15) is 42.0 Å². The molecule has 358 valence electrons. The molecule has 10 amide bonds. The zero-order chi connectivity index (χ0) is 48.8. The van der Waals surface area contributed by atoms with E-state index in [4.69, 9.17) is 17.2 Å². The molecule has 0 bridgehead atoms. The summed E-state index contributed by atoms with van der Waals surface area (Å²) >= 11 is 8.11. The van der Waals surface area contributed by atoms with Crippen LogP contribution in [-0.2, 0) is 54.4 Å². The highest BCUT2D eigenvalue weighted by molar-refractivity contribution is 7.80. The number of aliphatic hydroxyl groups is 1. The highest BCUT2D eigenvalue weighted by Gasteiger charge is 2.36. The normalized spacial score (nSPS) is 15.2. The molecule has 0 aliphatic rings. The summed E-state index contributed by atoms with van der Waals surface area (Å²) in [7, 11) is 0. The lowest BCUT2D eigenvalue weighted by Gasteiger charge is -2.30. The van der Waals surface area contributed by atoms with Crippen molar-refractivity contribution in [3.8, 4) is 5.75 Å². The second-order valence-electron chi connectivity index (χ2n) is 15.4. The maximum atomic E-state index is 13.8. The number of amides is 10. The first kappa shape index (κ1) is 56.4. The molecule has 25 heteroatoms. The van der Waals surface area contributed by atoms with Gasteiger partial charge in [-0.3, -0.25) is 47.9 Å². The van der Waals surface area contributed by atoms with Crippen LogP contribution in [0.25, 0.3) is 0 Å². The number of carbonyl (C=O) groups is 10. The molecular weight excluding hydrogens is 879 g/mol. The summed E-state index contributed by atoms with van der Waals surface area (Å²) in [4.78, 5) is 129. The van der Waals surface area contributed by atoms with Crippen molar-refractivity contribution in [2.45, 2.75) is 109 Å². The maximum absolute atomic E-state index is 13.8. The average Bonchev–Trinajstić information content (AvgIpc) is 3.23. The molecule has 0 spiro atoms. The summed E-state index contributed by atoms with van der Waals surface area (Å²) < 4.78 is 0. The Kier molecular flexibility index (Phi) is 24.8. The number of thiol groups is 2. The number of hydrogen-bond donors (Lipinski definition) is 15. The zero-order valence-electron chi connectivity index (χ0n) is 36.3. The van der Waals surface area contributed by atoms with E-state index < -0.39 is 133 Å². The molecule has 64 heavy (non-hydrogen) atoms. The van der Waals surface area contributed by atoms with E-state index in [-0.39, 0.29) is 36.0 Å². The number of phenols is 1. The molecule has 0 saturated carbocycles. The summed E-state index contributed by atoms with van der Waals surface area (Å²) in [5.74, 6) is -10.1. The standard InChI is InChI=1S/C39H63N11O12S2/c1-6-19(4)31(49-37(60)25(46-33(56)23(40)16-63)12-21-7-9-22(52)10-8-21)38(61)50-32(20(5)51)39(62)47-26(13-28(41)53)36(59)48-27(17-64)35(58)44-15-30(55)45-24(11-18(2)3)34(57)43-14-29(42)54/h7-10,18-20,23-27,31-32,51-52,63-64H,6,11-17,40H2,1-5H3,(H2,41,53)(H2,42,54)(H,43,57)(H,44,58)(H,45,55)(H,46,56)(H,47,62)(H,48,59)(H,49,60)(H,50,61)/t19-,20+,23-,24-,25-,26-,27-,31-,32-/m0/s1. The number of phenolic OH excluding ortho intramolecular Hbond substituents is 1. The van der Waals surface area contributed by atoms with Gasteiger partial charge in [-0.1, -0.05) is 46.2 Å². The number of rotatable bonds is 28. The predicted molar refractivity (Wildman–Crippen MR) is 239 cm³/mol. The molecule has 1 aromatic rings. The Morgan fingerprint density at radius 1 is 0.609 bits per heavy atom. The largest absolute Gasteiger partial charge is 0.508 e. The molecule has 0 fully saturated rings. The molecule has 0 unspecified atom stereocenters. The Morgan fingerprint density at radius 3 is 1.64 bits per heavy atom. The number of nitrogens with one attached hydrogen (secondary N) is 8. The molecule has 1 aromatic carbocycles. The number of aromatic hydroxyl groups is 1. The lowest BCUT2D eigenvalue weighted by atomic mass is 9.96. The van der Waals surface area contributed by atoms with Crippen molar-refractivity contribution >= 4 is 84.3 Å². The zero-order valence-corrected chi connectivity index (χ0v) is 38.1. The predicted octanol–water partition coefficient (Wildman–Crippen LogP) is -4.90. The Labute approximate surface area is 381 Å². The lowest BCUT2D eigenvalue weighted by Crippen LogP contribution is -2.63. The fourth-order valence-corrected chi connectivity index (χ4v) is 6.14. The van der Waals surface area contributed by atoms with Gasteiger partial charge in [-0.15, -0.1) is 0 Å². The van der Waals surface area contributed by atoms with E-state index in [9.17, 15) is 58.2 Å². The number of benzene rings is 1. The van der Waals surface area contributed by atoms with Gasteiger partial charge in [-0.2, -0.15) is 25.3 Å². The Morgan fingerprint density at radius 2 is 1.12 bits per heavy atom. The van der Waals surface area contributed by atoms with Crippen LogP contribution in [0.5, 0.6) is 5.75 Å². The number of hydrogen-bond acceptors (Lipinski definition) is 15. The Bertz CT molecular complexity index is 1810. The summed E-state index contributed by atoms with van der Waals surface area (Å²) in [5, 5.41) is 39.4. The SMILES string of the molecule is CC[C@H](C)[C@H](NC(=O)[C@H](Cc1ccc(O)cc1)NC(=O)[C@@H](N)CS)C(=O)N[C@H](C(=O)N[C@@H](CC(N)=O)C(=O)N[C@@H](CS)C(=O)NCC(=O)N[C@@H](CC(C)C)C(=O)NCC(N)=O)[C@@H](C)O. The molecule has 9 atom stereocenters. The van der Waals surface area contributed by atoms with Gasteiger partial charge in [0.05, 0.1) is 31.7 Å². The molecule has 23 nitrogen and oxygen atoms in total. The van der Waals surface area contributed by atoms with Crippen LogP contribution in [0.2, 0.25) is 0 Å². The first-order chi connectivity index (χ1) is 29.9. The van der Waals surface area contributed by atoms with E-state index in [1.165, 1.54) is 24.3 Å². The van der Waals surface area contributed by atoms with Gasteiger partial charge in [-0.25, -0.2) is 0 Å². The minimum absolute atomic E-state index is 0.0388. The Balaban J connectivity index is 3.19. The minimum atomic E-state index is -1.79. The van der Waals surface area contributed by atoms with Crippen molar-refractivity contribution in [1.29, 1.82) is 0 Å². The first-order valence-corrected chi connectivity index (χ1v) is 21.6. The first-order valence-electron chi connectivity index (χ1n) is 20.3. The molecule has 0 aromatic heterocycles. The van der Waals surface area contributed by atoms with Gasteiger partial charge in [0.2, 0.25) is 59.1 Å². The van der Waals surface area contributed by atoms with Crippen LogP contribution in [-0.4, -0.2) is 142 Å². The van der Waals surface area contributed by atoms with Gasteiger partial charge in [0.15, 0.2) is 0 Å². The molecule has 1 rings (SSSR count). The smallest absolute Gasteiger partial charge is 0.245 e. The van der Waals surface area contributed by atoms with E-state index in [0.717, 1.165) is 6.92 Å². The molecule has 0 aliphatic carbocycles. The van der Waals surface area contributed by atoms with Crippen molar-refractivity contribution in [2.75, 3.05) is 24.6 Å². The lowest BCUT2D eigenvalue weighted by molar-refractivity contribution is -0.138. The van der Waals surface area contributed by atoms with Crippen LogP contribution in [0.1, 0.15) is 59.4 Å². The summed E-state index contributed by atoms with van der Waals surface area (Å²) in [6, 6.07) is -3.99. The molecule has 0 heterocycles. The van der Waals surface area contributed by atoms with Crippen molar-refractivity contribution < 1.29 is 58.2 Å². The monoisotopic (exact) mass is 941 g/mol. The third kappa shape index (κ3) is 20.2. The maximum Gasteiger partial charge on any atom is 0.245 e. The van der Waals surface area contributed by atoms with Crippen LogP contribution >= 0.6 is 25.3 Å². The van der Waals surface area contributed by atoms with Gasteiger partial charge in [0.25, 0.3) is 0 Å². The number of primary amides is 2. The van der Waals surface area contributed by atoms with E-state index in [1.54, 1.807) is 27.7 Å². The molecular formula is C39H63N11O12S2. The molecule has 16 N–H and O–H groups in total. The summed E-state index contributed by atoms with van der Waals surface area (Å²) in [6.07, 6.45) is -2.02. The van der Waals surface area contributed by atoms with E-state index >= 15 is 0 Å². The summed E-state index contributed by atoms with van der Waals surface area (Å²) in [6.45, 7) is 6.94. The molecule has 0 aliphatic heterocycles. The number of carbonyl (C=O) groups excluding carboxylic acids is 10. The minimum Gasteiger partial charge on any atom is -0.508 e. The fraction of sp³-hybridized carbons (Fsp3) is 0.590.